The van der Waals surface area contributed by atoms with Crippen molar-refractivity contribution >= 4 is 0 Å². The molecule has 0 saturated carbocycles. The molecule has 66 valence electrons. The van der Waals surface area contributed by atoms with E-state index in [9.17, 15) is 0 Å². The lowest BCUT2D eigenvalue weighted by molar-refractivity contribution is 0.165. The van der Waals surface area contributed by atoms with E-state index in [4.69, 9.17) is 5.11 Å². The standard InChI is InChI=1S/C7H12N4O/c12-4-3-10-1-2-11-6-8-9-7(11)5-10/h6,12H,1-5H2. The van der Waals surface area contributed by atoms with Gasteiger partial charge in [0.1, 0.15) is 12.2 Å². The number of hydrogen-bond donors (Lipinski definition) is 1. The van der Waals surface area contributed by atoms with Crippen molar-refractivity contribution < 1.29 is 5.11 Å². The molecular weight excluding hydrogens is 156 g/mol. The lowest BCUT2D eigenvalue weighted by Crippen LogP contribution is -2.35. The summed E-state index contributed by atoms with van der Waals surface area (Å²) in [6, 6.07) is 0. The highest BCUT2D eigenvalue weighted by Crippen LogP contribution is 2.07. The van der Waals surface area contributed by atoms with Crippen LogP contribution in [0.15, 0.2) is 6.33 Å². The van der Waals surface area contributed by atoms with Crippen molar-refractivity contribution in [2.24, 2.45) is 0 Å². The van der Waals surface area contributed by atoms with Crippen LogP contribution < -0.4 is 0 Å². The second-order valence-electron chi connectivity index (χ2n) is 2.94. The quantitative estimate of drug-likeness (QED) is 0.621. The largest absolute Gasteiger partial charge is 0.395 e. The van der Waals surface area contributed by atoms with Crippen LogP contribution in [0, 0.1) is 0 Å². The molecule has 0 spiro atoms. The smallest absolute Gasteiger partial charge is 0.147 e. The zero-order chi connectivity index (χ0) is 8.39. The van der Waals surface area contributed by atoms with Gasteiger partial charge in [-0.25, -0.2) is 0 Å². The minimum absolute atomic E-state index is 0.216. The fraction of sp³-hybridized carbons (Fsp3) is 0.714. The summed E-state index contributed by atoms with van der Waals surface area (Å²) >= 11 is 0. The van der Waals surface area contributed by atoms with E-state index in [2.05, 4.69) is 15.1 Å². The lowest BCUT2D eigenvalue weighted by Gasteiger charge is -2.25. The Hall–Kier alpha value is -0.940. The maximum atomic E-state index is 8.73. The molecule has 2 rings (SSSR count). The zero-order valence-corrected chi connectivity index (χ0v) is 6.85. The first-order valence-corrected chi connectivity index (χ1v) is 4.10. The third-order valence-corrected chi connectivity index (χ3v) is 2.13. The SMILES string of the molecule is OCCN1CCn2cnnc2C1. The summed E-state index contributed by atoms with van der Waals surface area (Å²) < 4.78 is 2.05. The molecule has 1 aliphatic heterocycles. The summed E-state index contributed by atoms with van der Waals surface area (Å²) in [6.45, 7) is 3.66. The summed E-state index contributed by atoms with van der Waals surface area (Å²) in [7, 11) is 0. The van der Waals surface area contributed by atoms with E-state index < -0.39 is 0 Å². The lowest BCUT2D eigenvalue weighted by atomic mass is 10.3. The molecule has 0 radical (unpaired) electrons. The molecule has 0 atom stereocenters. The van der Waals surface area contributed by atoms with Gasteiger partial charge in [0.15, 0.2) is 0 Å². The van der Waals surface area contributed by atoms with Gasteiger partial charge in [-0.05, 0) is 0 Å². The van der Waals surface area contributed by atoms with Crippen molar-refractivity contribution in [3.63, 3.8) is 0 Å². The summed E-state index contributed by atoms with van der Waals surface area (Å²) in [6.07, 6.45) is 1.76. The van der Waals surface area contributed by atoms with E-state index in [0.29, 0.717) is 0 Å². The van der Waals surface area contributed by atoms with Crippen molar-refractivity contribution in [2.75, 3.05) is 19.7 Å². The molecule has 0 bridgehead atoms. The Kier molecular flexibility index (Phi) is 2.05. The highest BCUT2D eigenvalue weighted by Gasteiger charge is 2.15. The number of fused-ring (bicyclic) bond motifs is 1. The van der Waals surface area contributed by atoms with Crippen LogP contribution in [-0.4, -0.2) is 44.5 Å². The second-order valence-corrected chi connectivity index (χ2v) is 2.94. The molecule has 0 saturated heterocycles. The van der Waals surface area contributed by atoms with Crippen molar-refractivity contribution in [2.45, 2.75) is 13.1 Å². The average Bonchev–Trinajstić information content (AvgIpc) is 2.51. The van der Waals surface area contributed by atoms with E-state index in [0.717, 1.165) is 32.0 Å². The zero-order valence-electron chi connectivity index (χ0n) is 6.85. The van der Waals surface area contributed by atoms with Crippen molar-refractivity contribution in [1.29, 1.82) is 0 Å². The van der Waals surface area contributed by atoms with Crippen molar-refractivity contribution in [3.8, 4) is 0 Å². The first-order valence-electron chi connectivity index (χ1n) is 4.10. The molecule has 1 N–H and O–H groups in total. The van der Waals surface area contributed by atoms with Crippen LogP contribution in [-0.2, 0) is 13.1 Å². The maximum absolute atomic E-state index is 8.73. The molecule has 5 heteroatoms. The summed E-state index contributed by atoms with van der Waals surface area (Å²) in [4.78, 5) is 2.17. The van der Waals surface area contributed by atoms with Crippen LogP contribution in [0.4, 0.5) is 0 Å². The molecule has 0 fully saturated rings. The predicted octanol–water partition coefficient (Wildman–Crippen LogP) is -0.914. The van der Waals surface area contributed by atoms with Gasteiger partial charge in [0.25, 0.3) is 0 Å². The van der Waals surface area contributed by atoms with E-state index in [-0.39, 0.29) is 6.61 Å². The van der Waals surface area contributed by atoms with Crippen LogP contribution in [0.5, 0.6) is 0 Å². The van der Waals surface area contributed by atoms with Gasteiger partial charge in [0, 0.05) is 19.6 Å². The van der Waals surface area contributed by atoms with Crippen molar-refractivity contribution in [1.82, 2.24) is 19.7 Å². The van der Waals surface area contributed by atoms with Crippen LogP contribution >= 0.6 is 0 Å². The number of aliphatic hydroxyl groups excluding tert-OH is 1. The van der Waals surface area contributed by atoms with Crippen LogP contribution in [0.25, 0.3) is 0 Å². The molecule has 5 nitrogen and oxygen atoms in total. The second kappa shape index (κ2) is 3.20. The monoisotopic (exact) mass is 168 g/mol. The molecule has 1 aromatic heterocycles. The molecule has 1 aliphatic rings. The van der Waals surface area contributed by atoms with E-state index in [1.807, 2.05) is 4.57 Å². The van der Waals surface area contributed by atoms with Gasteiger partial charge in [-0.2, -0.15) is 0 Å². The molecular formula is C7H12N4O. The van der Waals surface area contributed by atoms with Gasteiger partial charge in [-0.1, -0.05) is 0 Å². The molecule has 2 heterocycles. The summed E-state index contributed by atoms with van der Waals surface area (Å²) in [5.41, 5.74) is 0. The Balaban J connectivity index is 2.05. The van der Waals surface area contributed by atoms with E-state index in [1.165, 1.54) is 0 Å². The normalized spacial score (nSPS) is 17.8. The minimum Gasteiger partial charge on any atom is -0.395 e. The summed E-state index contributed by atoms with van der Waals surface area (Å²) in [5.74, 6) is 0.995. The fourth-order valence-electron chi connectivity index (χ4n) is 1.45. The Morgan fingerprint density at radius 1 is 1.50 bits per heavy atom. The number of β-amino-alcohol motifs (C(OH)–C–C–N with tert-alkyl or cyclic N) is 1. The van der Waals surface area contributed by atoms with Gasteiger partial charge in [0.05, 0.1) is 13.2 Å². The van der Waals surface area contributed by atoms with Gasteiger partial charge >= 0.3 is 0 Å². The van der Waals surface area contributed by atoms with Gasteiger partial charge < -0.3 is 9.67 Å². The molecule has 0 unspecified atom stereocenters. The predicted molar refractivity (Wildman–Crippen MR) is 42.4 cm³/mol. The molecule has 1 aromatic rings. The molecule has 0 amide bonds. The summed E-state index contributed by atoms with van der Waals surface area (Å²) in [5, 5.41) is 16.5. The Labute approximate surface area is 70.6 Å². The molecule has 0 aromatic carbocycles. The van der Waals surface area contributed by atoms with Crippen LogP contribution in [0.3, 0.4) is 0 Å². The Bertz CT molecular complexity index is 260. The topological polar surface area (TPSA) is 54.2 Å². The minimum atomic E-state index is 0.216. The molecule has 0 aliphatic carbocycles. The van der Waals surface area contributed by atoms with Gasteiger partial charge in [-0.15, -0.1) is 10.2 Å². The number of rotatable bonds is 2. The highest BCUT2D eigenvalue weighted by atomic mass is 16.3. The highest BCUT2D eigenvalue weighted by molar-refractivity contribution is 4.89. The van der Waals surface area contributed by atoms with E-state index in [1.54, 1.807) is 6.33 Å². The third kappa shape index (κ3) is 1.33. The third-order valence-electron chi connectivity index (χ3n) is 2.13. The average molecular weight is 168 g/mol. The van der Waals surface area contributed by atoms with Crippen LogP contribution in [0.1, 0.15) is 5.82 Å². The Morgan fingerprint density at radius 2 is 2.42 bits per heavy atom. The van der Waals surface area contributed by atoms with E-state index >= 15 is 0 Å². The number of nitrogens with zero attached hydrogens (tertiary/aromatic N) is 4. The number of aliphatic hydroxyl groups is 1. The fourth-order valence-corrected chi connectivity index (χ4v) is 1.45. The van der Waals surface area contributed by atoms with Crippen molar-refractivity contribution in [3.05, 3.63) is 12.2 Å². The first-order chi connectivity index (χ1) is 5.90. The number of aromatic nitrogens is 3. The molecule has 12 heavy (non-hydrogen) atoms. The number of hydrogen-bond acceptors (Lipinski definition) is 4. The maximum Gasteiger partial charge on any atom is 0.147 e. The Morgan fingerprint density at radius 3 is 3.25 bits per heavy atom. The van der Waals surface area contributed by atoms with Crippen LogP contribution in [0.2, 0.25) is 0 Å². The van der Waals surface area contributed by atoms with Gasteiger partial charge in [-0.3, -0.25) is 4.90 Å². The first kappa shape index (κ1) is 7.70. The van der Waals surface area contributed by atoms with Gasteiger partial charge in [0.2, 0.25) is 0 Å².